The molecule has 0 N–H and O–H groups in total. The number of anilines is 1. The third kappa shape index (κ3) is 4.22. The van der Waals surface area contributed by atoms with Crippen molar-refractivity contribution in [2.45, 2.75) is 33.7 Å². The number of hydrogen-bond donors (Lipinski definition) is 0. The van der Waals surface area contributed by atoms with Gasteiger partial charge in [-0.2, -0.15) is 0 Å². The van der Waals surface area contributed by atoms with E-state index in [2.05, 4.69) is 31.0 Å². The van der Waals surface area contributed by atoms with E-state index >= 15 is 0 Å². The molecule has 0 radical (unpaired) electrons. The van der Waals surface area contributed by atoms with E-state index in [9.17, 15) is 4.79 Å². The number of imidazole rings is 1. The van der Waals surface area contributed by atoms with Gasteiger partial charge in [-0.3, -0.25) is 9.69 Å². The highest BCUT2D eigenvalue weighted by molar-refractivity contribution is 7.22. The summed E-state index contributed by atoms with van der Waals surface area (Å²) in [6.07, 6.45) is 6.34. The summed E-state index contributed by atoms with van der Waals surface area (Å²) in [7, 11) is 0. The van der Waals surface area contributed by atoms with Gasteiger partial charge in [0.15, 0.2) is 5.13 Å². The zero-order chi connectivity index (χ0) is 20.4. The monoisotopic (exact) mass is 404 g/mol. The Bertz CT molecular complexity index is 1130. The number of aryl methyl sites for hydroxylation is 4. The van der Waals surface area contributed by atoms with Crippen LogP contribution in [0, 0.1) is 20.8 Å². The van der Waals surface area contributed by atoms with E-state index < -0.39 is 0 Å². The lowest BCUT2D eigenvalue weighted by atomic mass is 10.1. The van der Waals surface area contributed by atoms with Gasteiger partial charge in [-0.05, 0) is 56.5 Å². The van der Waals surface area contributed by atoms with Gasteiger partial charge in [0, 0.05) is 31.0 Å². The molecule has 5 nitrogen and oxygen atoms in total. The maximum atomic E-state index is 13.4. The van der Waals surface area contributed by atoms with Gasteiger partial charge in [0.05, 0.1) is 16.5 Å². The zero-order valence-electron chi connectivity index (χ0n) is 16.9. The fourth-order valence-electron chi connectivity index (χ4n) is 3.44. The van der Waals surface area contributed by atoms with Crippen LogP contribution in [0.5, 0.6) is 0 Å². The Hall–Kier alpha value is -2.99. The number of amides is 1. The van der Waals surface area contributed by atoms with Crippen molar-refractivity contribution < 1.29 is 4.79 Å². The Morgan fingerprint density at radius 1 is 1.10 bits per heavy atom. The number of aromatic nitrogens is 3. The molecule has 0 aliphatic carbocycles. The summed E-state index contributed by atoms with van der Waals surface area (Å²) >= 11 is 1.58. The average molecular weight is 405 g/mol. The molecular weight excluding hydrogens is 380 g/mol. The number of nitrogens with zero attached hydrogens (tertiary/aromatic N) is 4. The van der Waals surface area contributed by atoms with Crippen molar-refractivity contribution in [1.29, 1.82) is 0 Å². The standard InChI is InChI=1S/C23H24N4OS/c1-16-5-7-19(8-6-16)22(28)27(11-4-10-26-12-9-24-15-26)23-25-21-18(3)13-17(2)14-20(21)29-23/h5-9,12-15H,4,10-11H2,1-3H3. The predicted octanol–water partition coefficient (Wildman–Crippen LogP) is 5.16. The summed E-state index contributed by atoms with van der Waals surface area (Å²) in [5.41, 5.74) is 5.15. The second-order valence-electron chi connectivity index (χ2n) is 7.40. The molecule has 4 rings (SSSR count). The molecule has 0 aliphatic rings. The molecule has 6 heteroatoms. The average Bonchev–Trinajstić information content (AvgIpc) is 3.35. The Labute approximate surface area is 174 Å². The molecule has 0 fully saturated rings. The number of carbonyl (C=O) groups excluding carboxylic acids is 1. The van der Waals surface area contributed by atoms with Crippen molar-refractivity contribution in [3.63, 3.8) is 0 Å². The normalized spacial score (nSPS) is 11.1. The molecule has 29 heavy (non-hydrogen) atoms. The molecule has 148 valence electrons. The lowest BCUT2D eigenvalue weighted by Crippen LogP contribution is -2.32. The lowest BCUT2D eigenvalue weighted by Gasteiger charge is -2.20. The molecule has 0 unspecified atom stereocenters. The van der Waals surface area contributed by atoms with Crippen LogP contribution < -0.4 is 4.90 Å². The molecule has 0 saturated heterocycles. The first-order valence-corrected chi connectivity index (χ1v) is 10.5. The van der Waals surface area contributed by atoms with Crippen LogP contribution in [0.1, 0.15) is 33.5 Å². The highest BCUT2D eigenvalue weighted by atomic mass is 32.1. The molecular formula is C23H24N4OS. The molecule has 2 heterocycles. The first-order chi connectivity index (χ1) is 14.0. The van der Waals surface area contributed by atoms with E-state index in [1.807, 2.05) is 46.9 Å². The van der Waals surface area contributed by atoms with Crippen molar-refractivity contribution in [3.05, 3.63) is 77.4 Å². The van der Waals surface area contributed by atoms with Crippen LogP contribution in [0.3, 0.4) is 0 Å². The number of hydrogen-bond acceptors (Lipinski definition) is 4. The summed E-state index contributed by atoms with van der Waals surface area (Å²) in [5, 5.41) is 0.755. The minimum absolute atomic E-state index is 0.0101. The third-order valence-corrected chi connectivity index (χ3v) is 5.98. The number of thiazole rings is 1. The molecule has 2 aromatic heterocycles. The number of carbonyl (C=O) groups is 1. The summed E-state index contributed by atoms with van der Waals surface area (Å²) in [6, 6.07) is 12.0. The second kappa shape index (κ2) is 8.17. The van der Waals surface area contributed by atoms with Crippen LogP contribution >= 0.6 is 11.3 Å². The van der Waals surface area contributed by atoms with Gasteiger partial charge < -0.3 is 4.57 Å². The summed E-state index contributed by atoms with van der Waals surface area (Å²) < 4.78 is 3.15. The van der Waals surface area contributed by atoms with E-state index in [-0.39, 0.29) is 5.91 Å². The molecule has 0 aliphatic heterocycles. The number of rotatable bonds is 6. The molecule has 1 amide bonds. The second-order valence-corrected chi connectivity index (χ2v) is 8.41. The topological polar surface area (TPSA) is 51.0 Å². The van der Waals surface area contributed by atoms with Crippen LogP contribution in [0.2, 0.25) is 0 Å². The molecule has 2 aromatic carbocycles. The van der Waals surface area contributed by atoms with E-state index in [1.54, 1.807) is 23.9 Å². The minimum Gasteiger partial charge on any atom is -0.337 e. The Kier molecular flexibility index (Phi) is 5.45. The Balaban J connectivity index is 1.66. The van der Waals surface area contributed by atoms with Gasteiger partial charge in [0.25, 0.3) is 5.91 Å². The van der Waals surface area contributed by atoms with Crippen molar-refractivity contribution in [3.8, 4) is 0 Å². The Morgan fingerprint density at radius 3 is 2.62 bits per heavy atom. The lowest BCUT2D eigenvalue weighted by molar-refractivity contribution is 0.0986. The predicted molar refractivity (Wildman–Crippen MR) is 119 cm³/mol. The molecule has 0 bridgehead atoms. The number of benzene rings is 2. The maximum absolute atomic E-state index is 13.4. The Morgan fingerprint density at radius 2 is 1.90 bits per heavy atom. The van der Waals surface area contributed by atoms with E-state index in [0.717, 1.165) is 39.4 Å². The smallest absolute Gasteiger partial charge is 0.260 e. The van der Waals surface area contributed by atoms with E-state index in [4.69, 9.17) is 4.98 Å². The van der Waals surface area contributed by atoms with Crippen LogP contribution in [-0.4, -0.2) is 27.0 Å². The van der Waals surface area contributed by atoms with Gasteiger partial charge in [0.2, 0.25) is 0 Å². The summed E-state index contributed by atoms with van der Waals surface area (Å²) in [4.78, 5) is 24.1. The van der Waals surface area contributed by atoms with Crippen molar-refractivity contribution in [2.75, 3.05) is 11.4 Å². The molecule has 4 aromatic rings. The zero-order valence-corrected chi connectivity index (χ0v) is 17.7. The van der Waals surface area contributed by atoms with Crippen molar-refractivity contribution >= 4 is 32.6 Å². The van der Waals surface area contributed by atoms with Crippen LogP contribution in [0.25, 0.3) is 10.2 Å². The largest absolute Gasteiger partial charge is 0.337 e. The maximum Gasteiger partial charge on any atom is 0.260 e. The van der Waals surface area contributed by atoms with Gasteiger partial charge in [-0.25, -0.2) is 9.97 Å². The van der Waals surface area contributed by atoms with E-state index in [0.29, 0.717) is 12.1 Å². The molecule has 0 saturated carbocycles. The molecule has 0 spiro atoms. The summed E-state index contributed by atoms with van der Waals surface area (Å²) in [5.74, 6) is -0.0101. The van der Waals surface area contributed by atoms with E-state index in [1.165, 1.54) is 5.56 Å². The fourth-order valence-corrected chi connectivity index (χ4v) is 4.61. The quantitative estimate of drug-likeness (QED) is 0.446. The first kappa shape index (κ1) is 19.3. The SMILES string of the molecule is Cc1ccc(C(=O)N(CCCn2ccnc2)c2nc3c(C)cc(C)cc3s2)cc1. The molecule has 0 atom stereocenters. The van der Waals surface area contributed by atoms with Crippen LogP contribution in [-0.2, 0) is 6.54 Å². The highest BCUT2D eigenvalue weighted by Crippen LogP contribution is 2.32. The third-order valence-electron chi connectivity index (χ3n) is 4.95. The fraction of sp³-hybridized carbons (Fsp3) is 0.261. The van der Waals surface area contributed by atoms with Gasteiger partial charge >= 0.3 is 0 Å². The van der Waals surface area contributed by atoms with Gasteiger partial charge in [-0.15, -0.1) is 0 Å². The summed E-state index contributed by atoms with van der Waals surface area (Å²) in [6.45, 7) is 7.59. The van der Waals surface area contributed by atoms with Gasteiger partial charge in [-0.1, -0.05) is 35.1 Å². The van der Waals surface area contributed by atoms with Crippen LogP contribution in [0.15, 0.2) is 55.1 Å². The minimum atomic E-state index is -0.0101. The van der Waals surface area contributed by atoms with Crippen molar-refractivity contribution in [1.82, 2.24) is 14.5 Å². The van der Waals surface area contributed by atoms with Gasteiger partial charge in [0.1, 0.15) is 0 Å². The first-order valence-electron chi connectivity index (χ1n) is 9.73. The van der Waals surface area contributed by atoms with Crippen molar-refractivity contribution in [2.24, 2.45) is 0 Å². The highest BCUT2D eigenvalue weighted by Gasteiger charge is 2.21. The van der Waals surface area contributed by atoms with Crippen LogP contribution in [0.4, 0.5) is 5.13 Å². The number of fused-ring (bicyclic) bond motifs is 1.